The Morgan fingerprint density at radius 3 is 2.29 bits per heavy atom. The van der Waals surface area contributed by atoms with Crippen LogP contribution in [0.2, 0.25) is 0 Å². The van der Waals surface area contributed by atoms with Gasteiger partial charge in [-0.05, 0) is 29.8 Å². The lowest BCUT2D eigenvalue weighted by atomic mass is 10.1. The quantitative estimate of drug-likeness (QED) is 0.716. The molecule has 2 aromatic rings. The third-order valence-corrected chi connectivity index (χ3v) is 3.11. The molecule has 1 N–H and O–H groups in total. The van der Waals surface area contributed by atoms with Crippen LogP contribution in [-0.2, 0) is 17.9 Å². The van der Waals surface area contributed by atoms with Gasteiger partial charge in [0.2, 0.25) is 0 Å². The van der Waals surface area contributed by atoms with E-state index in [0.29, 0.717) is 19.8 Å². The number of hydrogen-bond donors (Lipinski definition) is 1. The lowest BCUT2D eigenvalue weighted by Crippen LogP contribution is -2.11. The topological polar surface area (TPSA) is 30.5 Å². The van der Waals surface area contributed by atoms with Crippen molar-refractivity contribution >= 4 is 0 Å². The standard InChI is InChI=1S/C18H23NO2/c1-2-19-14-16-8-10-17(11-9-16)15-20-12-13-21-18-6-4-3-5-7-18/h3-11,19H,2,12-15H2,1H3. The van der Waals surface area contributed by atoms with Crippen LogP contribution in [0.4, 0.5) is 0 Å². The lowest BCUT2D eigenvalue weighted by molar-refractivity contribution is 0.0889. The summed E-state index contributed by atoms with van der Waals surface area (Å²) in [6.45, 7) is 5.81. The van der Waals surface area contributed by atoms with Crippen LogP contribution in [-0.4, -0.2) is 19.8 Å². The Balaban J connectivity index is 1.62. The van der Waals surface area contributed by atoms with Gasteiger partial charge in [-0.25, -0.2) is 0 Å². The molecule has 0 amide bonds. The van der Waals surface area contributed by atoms with E-state index in [1.807, 2.05) is 30.3 Å². The molecule has 0 unspecified atom stereocenters. The van der Waals surface area contributed by atoms with Crippen molar-refractivity contribution in [2.75, 3.05) is 19.8 Å². The molecule has 0 aliphatic carbocycles. The predicted molar refractivity (Wildman–Crippen MR) is 85.4 cm³/mol. The highest BCUT2D eigenvalue weighted by Gasteiger charge is 1.96. The van der Waals surface area contributed by atoms with E-state index in [4.69, 9.17) is 9.47 Å². The summed E-state index contributed by atoms with van der Waals surface area (Å²) in [4.78, 5) is 0. The number of nitrogens with one attached hydrogen (secondary N) is 1. The van der Waals surface area contributed by atoms with Gasteiger partial charge in [-0.15, -0.1) is 0 Å². The zero-order valence-electron chi connectivity index (χ0n) is 12.5. The van der Waals surface area contributed by atoms with E-state index < -0.39 is 0 Å². The summed E-state index contributed by atoms with van der Waals surface area (Å²) in [6, 6.07) is 18.3. The maximum Gasteiger partial charge on any atom is 0.119 e. The van der Waals surface area contributed by atoms with Crippen molar-refractivity contribution in [1.29, 1.82) is 0 Å². The Morgan fingerprint density at radius 2 is 1.57 bits per heavy atom. The Bertz CT molecular complexity index is 496. The Labute approximate surface area is 126 Å². The molecule has 0 radical (unpaired) electrons. The average molecular weight is 285 g/mol. The van der Waals surface area contributed by atoms with Gasteiger partial charge in [0, 0.05) is 6.54 Å². The van der Waals surface area contributed by atoms with E-state index in [-0.39, 0.29) is 0 Å². The summed E-state index contributed by atoms with van der Waals surface area (Å²) in [7, 11) is 0. The molecule has 0 aliphatic heterocycles. The average Bonchev–Trinajstić information content (AvgIpc) is 2.55. The van der Waals surface area contributed by atoms with Crippen molar-refractivity contribution in [2.24, 2.45) is 0 Å². The molecule has 21 heavy (non-hydrogen) atoms. The van der Waals surface area contributed by atoms with Crippen molar-refractivity contribution in [3.63, 3.8) is 0 Å². The highest BCUT2D eigenvalue weighted by Crippen LogP contribution is 2.08. The van der Waals surface area contributed by atoms with Gasteiger partial charge in [-0.1, -0.05) is 49.4 Å². The molecule has 0 aliphatic rings. The van der Waals surface area contributed by atoms with E-state index in [2.05, 4.69) is 36.5 Å². The first-order valence-electron chi connectivity index (χ1n) is 7.42. The van der Waals surface area contributed by atoms with Crippen LogP contribution in [0.1, 0.15) is 18.1 Å². The fourth-order valence-electron chi connectivity index (χ4n) is 1.95. The van der Waals surface area contributed by atoms with Crippen LogP contribution in [0.25, 0.3) is 0 Å². The van der Waals surface area contributed by atoms with Crippen LogP contribution in [0.5, 0.6) is 5.75 Å². The first-order valence-corrected chi connectivity index (χ1v) is 7.42. The molecule has 0 saturated heterocycles. The van der Waals surface area contributed by atoms with Crippen molar-refractivity contribution in [2.45, 2.75) is 20.1 Å². The number of benzene rings is 2. The molecule has 0 spiro atoms. The number of rotatable bonds is 9. The highest BCUT2D eigenvalue weighted by molar-refractivity contribution is 5.22. The molecule has 2 rings (SSSR count). The maximum atomic E-state index is 5.62. The van der Waals surface area contributed by atoms with E-state index >= 15 is 0 Å². The number of para-hydroxylation sites is 1. The zero-order chi connectivity index (χ0) is 14.8. The molecule has 0 aromatic heterocycles. The van der Waals surface area contributed by atoms with E-state index in [1.165, 1.54) is 11.1 Å². The molecule has 3 heteroatoms. The molecule has 0 fully saturated rings. The van der Waals surface area contributed by atoms with Crippen molar-refractivity contribution in [1.82, 2.24) is 5.32 Å². The van der Waals surface area contributed by atoms with Gasteiger partial charge in [-0.3, -0.25) is 0 Å². The van der Waals surface area contributed by atoms with E-state index in [0.717, 1.165) is 18.8 Å². The number of hydrogen-bond acceptors (Lipinski definition) is 3. The molecule has 0 heterocycles. The van der Waals surface area contributed by atoms with E-state index in [1.54, 1.807) is 0 Å². The largest absolute Gasteiger partial charge is 0.491 e. The molecular weight excluding hydrogens is 262 g/mol. The molecule has 3 nitrogen and oxygen atoms in total. The molecule has 0 bridgehead atoms. The van der Waals surface area contributed by atoms with Crippen LogP contribution in [0.15, 0.2) is 54.6 Å². The Morgan fingerprint density at radius 1 is 0.857 bits per heavy atom. The fraction of sp³-hybridized carbons (Fsp3) is 0.333. The minimum absolute atomic E-state index is 0.572. The molecular formula is C18H23NO2. The number of ether oxygens (including phenoxy) is 2. The Hall–Kier alpha value is -1.84. The Kier molecular flexibility index (Phi) is 6.78. The lowest BCUT2D eigenvalue weighted by Gasteiger charge is -2.08. The van der Waals surface area contributed by atoms with Gasteiger partial charge in [0.25, 0.3) is 0 Å². The second kappa shape index (κ2) is 9.16. The minimum Gasteiger partial charge on any atom is -0.491 e. The highest BCUT2D eigenvalue weighted by atomic mass is 16.5. The van der Waals surface area contributed by atoms with Gasteiger partial charge in [0.05, 0.1) is 13.2 Å². The maximum absolute atomic E-state index is 5.62. The zero-order valence-corrected chi connectivity index (χ0v) is 12.5. The SMILES string of the molecule is CCNCc1ccc(COCCOc2ccccc2)cc1. The third-order valence-electron chi connectivity index (χ3n) is 3.11. The monoisotopic (exact) mass is 285 g/mol. The van der Waals surface area contributed by atoms with Crippen molar-refractivity contribution in [3.05, 3.63) is 65.7 Å². The van der Waals surface area contributed by atoms with Gasteiger partial charge >= 0.3 is 0 Å². The summed E-state index contributed by atoms with van der Waals surface area (Å²) < 4.78 is 11.2. The molecule has 0 saturated carbocycles. The summed E-state index contributed by atoms with van der Waals surface area (Å²) in [6.07, 6.45) is 0. The van der Waals surface area contributed by atoms with Crippen LogP contribution in [0, 0.1) is 0 Å². The van der Waals surface area contributed by atoms with Gasteiger partial charge in [-0.2, -0.15) is 0 Å². The second-order valence-electron chi connectivity index (χ2n) is 4.81. The van der Waals surface area contributed by atoms with Crippen molar-refractivity contribution < 1.29 is 9.47 Å². The van der Waals surface area contributed by atoms with Crippen LogP contribution in [0.3, 0.4) is 0 Å². The summed E-state index contributed by atoms with van der Waals surface area (Å²) in [5.74, 6) is 0.883. The smallest absolute Gasteiger partial charge is 0.119 e. The normalized spacial score (nSPS) is 10.5. The van der Waals surface area contributed by atoms with E-state index in [9.17, 15) is 0 Å². The van der Waals surface area contributed by atoms with Gasteiger partial charge < -0.3 is 14.8 Å². The van der Waals surface area contributed by atoms with Crippen LogP contribution < -0.4 is 10.1 Å². The predicted octanol–water partition coefficient (Wildman–Crippen LogP) is 3.39. The molecule has 2 aromatic carbocycles. The van der Waals surface area contributed by atoms with Gasteiger partial charge in [0.15, 0.2) is 0 Å². The second-order valence-corrected chi connectivity index (χ2v) is 4.81. The third kappa shape index (κ3) is 5.98. The minimum atomic E-state index is 0.572. The first kappa shape index (κ1) is 15.5. The van der Waals surface area contributed by atoms with Gasteiger partial charge in [0.1, 0.15) is 12.4 Å². The summed E-state index contributed by atoms with van der Waals surface area (Å²) in [5.41, 5.74) is 2.49. The first-order chi connectivity index (χ1) is 10.4. The molecule has 0 atom stereocenters. The summed E-state index contributed by atoms with van der Waals surface area (Å²) >= 11 is 0. The summed E-state index contributed by atoms with van der Waals surface area (Å²) in [5, 5.41) is 3.31. The van der Waals surface area contributed by atoms with Crippen LogP contribution >= 0.6 is 0 Å². The molecule has 112 valence electrons. The van der Waals surface area contributed by atoms with Crippen molar-refractivity contribution in [3.8, 4) is 5.75 Å². The fourth-order valence-corrected chi connectivity index (χ4v) is 1.95.